The quantitative estimate of drug-likeness (QED) is 0.0384. The minimum Gasteiger partial charge on any atom is -0.493 e. The number of rotatable bonds is 25. The van der Waals surface area contributed by atoms with Crippen LogP contribution in [0.1, 0.15) is 45.5 Å². The maximum absolute atomic E-state index is 13.3. The molecule has 8 rings (SSSR count). The lowest BCUT2D eigenvalue weighted by molar-refractivity contribution is -0.138. The van der Waals surface area contributed by atoms with E-state index < -0.39 is 23.7 Å². The van der Waals surface area contributed by atoms with Crippen LogP contribution in [0.4, 0.5) is 13.2 Å². The zero-order chi connectivity index (χ0) is 50.6. The van der Waals surface area contributed by atoms with Crippen molar-refractivity contribution in [3.63, 3.8) is 0 Å². The number of aromatic nitrogens is 4. The summed E-state index contributed by atoms with van der Waals surface area (Å²) in [5.74, 6) is -0.390. The minimum absolute atomic E-state index is 0.171. The summed E-state index contributed by atoms with van der Waals surface area (Å²) in [6.45, 7) is 3.33. The van der Waals surface area contributed by atoms with E-state index in [4.69, 9.17) is 40.0 Å². The van der Waals surface area contributed by atoms with Crippen LogP contribution in [0.3, 0.4) is 0 Å². The zero-order valence-electron chi connectivity index (χ0n) is 38.8. The first-order valence-corrected chi connectivity index (χ1v) is 23.5. The molecule has 1 saturated heterocycles. The van der Waals surface area contributed by atoms with E-state index in [9.17, 15) is 37.5 Å². The monoisotopic (exact) mass is 1020 g/mol. The fourth-order valence-electron chi connectivity index (χ4n) is 8.04. The molecule has 2 aliphatic heterocycles. The standard InChI is InChI=1S/C50H51ClF3N7O11/c51-35-8-14-40-41(28-35)57-49(56-40)61-48(66)39(45(59-61)32-4-6-34(7-5-32)50(52,53)54)12-3-31-1-9-36(10-2-31)71-26-25-70-24-23-69-22-21-68-20-19-67-18-17-55-44(63)30-72-37-11-13-38-33(27-37)29-60(47(38)65)42-15-16-43(62)58-46(42)64/h1-2,4-11,13-14,27-28,42,66H,3,12,15-26,29-30H2,(H,55,63)(H,56,57)(H,58,62,64). The van der Waals surface area contributed by atoms with Gasteiger partial charge in [0.05, 0.1) is 69.5 Å². The highest BCUT2D eigenvalue weighted by molar-refractivity contribution is 6.31. The Hall–Kier alpha value is -7.04. The Morgan fingerprint density at radius 2 is 1.49 bits per heavy atom. The molecule has 2 aromatic heterocycles. The van der Waals surface area contributed by atoms with Gasteiger partial charge in [0.2, 0.25) is 23.6 Å². The highest BCUT2D eigenvalue weighted by Crippen LogP contribution is 2.36. The van der Waals surface area contributed by atoms with Gasteiger partial charge in [0, 0.05) is 41.2 Å². The van der Waals surface area contributed by atoms with E-state index >= 15 is 0 Å². The predicted molar refractivity (Wildman–Crippen MR) is 254 cm³/mol. The summed E-state index contributed by atoms with van der Waals surface area (Å²) in [5.41, 5.74) is 3.65. The lowest BCUT2D eigenvalue weighted by Gasteiger charge is -2.29. The van der Waals surface area contributed by atoms with E-state index in [1.54, 1.807) is 36.4 Å². The third kappa shape index (κ3) is 13.3. The van der Waals surface area contributed by atoms with Gasteiger partial charge in [-0.05, 0) is 91.1 Å². The number of hydrogen-bond acceptors (Lipinski definition) is 13. The number of fused-ring (bicyclic) bond motifs is 2. The number of aryl methyl sites for hydroxylation is 1. The lowest BCUT2D eigenvalue weighted by atomic mass is 10.00. The van der Waals surface area contributed by atoms with Crippen molar-refractivity contribution < 1.29 is 65.9 Å². The van der Waals surface area contributed by atoms with Gasteiger partial charge in [-0.1, -0.05) is 35.9 Å². The number of carbonyl (C=O) groups excluding carboxylic acids is 4. The largest absolute Gasteiger partial charge is 0.493 e. The molecule has 4 heterocycles. The molecule has 0 aliphatic carbocycles. The van der Waals surface area contributed by atoms with Crippen LogP contribution in [0.15, 0.2) is 84.9 Å². The average molecular weight is 1020 g/mol. The number of nitrogens with zero attached hydrogens (tertiary/aromatic N) is 4. The Bertz CT molecular complexity index is 2860. The topological polar surface area (TPSA) is 218 Å². The van der Waals surface area contributed by atoms with Crippen LogP contribution in [0.5, 0.6) is 17.4 Å². The number of hydrogen-bond donors (Lipinski definition) is 4. The van der Waals surface area contributed by atoms with Crippen molar-refractivity contribution in [2.24, 2.45) is 0 Å². The fraction of sp³-hybridized carbons (Fsp3) is 0.360. The number of piperidine rings is 1. The van der Waals surface area contributed by atoms with Gasteiger partial charge in [0.1, 0.15) is 29.8 Å². The van der Waals surface area contributed by atoms with Gasteiger partial charge >= 0.3 is 6.18 Å². The van der Waals surface area contributed by atoms with E-state index in [1.165, 1.54) is 21.7 Å². The second kappa shape index (κ2) is 23.9. The molecule has 1 atom stereocenters. The number of amides is 4. The van der Waals surface area contributed by atoms with E-state index in [-0.39, 0.29) is 68.7 Å². The third-order valence-electron chi connectivity index (χ3n) is 11.7. The van der Waals surface area contributed by atoms with Gasteiger partial charge < -0.3 is 48.7 Å². The van der Waals surface area contributed by atoms with Crippen molar-refractivity contribution in [3.05, 3.63) is 118 Å². The molecule has 22 heteroatoms. The molecule has 2 aliphatic rings. The molecule has 1 fully saturated rings. The molecular weight excluding hydrogens is 967 g/mol. The van der Waals surface area contributed by atoms with E-state index in [0.29, 0.717) is 121 Å². The molecule has 1 unspecified atom stereocenters. The van der Waals surface area contributed by atoms with Crippen LogP contribution in [-0.4, -0.2) is 132 Å². The maximum atomic E-state index is 13.3. The number of benzene rings is 4. The number of alkyl halides is 3. The number of imidazole rings is 1. The second-order valence-corrected chi connectivity index (χ2v) is 17.1. The smallest absolute Gasteiger partial charge is 0.416 e. The lowest BCUT2D eigenvalue weighted by Crippen LogP contribution is -2.52. The number of imide groups is 1. The zero-order valence-corrected chi connectivity index (χ0v) is 39.6. The van der Waals surface area contributed by atoms with E-state index in [2.05, 4.69) is 25.7 Å². The Morgan fingerprint density at radius 3 is 2.18 bits per heavy atom. The summed E-state index contributed by atoms with van der Waals surface area (Å²) in [6, 6.07) is 21.4. The number of H-pyrrole nitrogens is 1. The van der Waals surface area contributed by atoms with Crippen molar-refractivity contribution in [1.29, 1.82) is 0 Å². The third-order valence-corrected chi connectivity index (χ3v) is 11.9. The molecule has 72 heavy (non-hydrogen) atoms. The van der Waals surface area contributed by atoms with Crippen LogP contribution >= 0.6 is 11.6 Å². The molecule has 0 radical (unpaired) electrons. The molecule has 0 saturated carbocycles. The van der Waals surface area contributed by atoms with E-state index in [0.717, 1.165) is 17.7 Å². The van der Waals surface area contributed by atoms with Crippen molar-refractivity contribution in [2.45, 2.75) is 44.4 Å². The minimum atomic E-state index is -4.50. The molecule has 18 nitrogen and oxygen atoms in total. The Kier molecular flexibility index (Phi) is 17.0. The molecule has 0 bridgehead atoms. The van der Waals surface area contributed by atoms with Gasteiger partial charge in [-0.2, -0.15) is 23.0 Å². The van der Waals surface area contributed by atoms with Gasteiger partial charge in [-0.25, -0.2) is 4.98 Å². The van der Waals surface area contributed by atoms with Crippen LogP contribution in [0, 0.1) is 0 Å². The average Bonchev–Trinajstić information content (AvgIpc) is 4.04. The van der Waals surface area contributed by atoms with Crippen LogP contribution in [0.2, 0.25) is 5.02 Å². The molecule has 4 aromatic carbocycles. The SMILES string of the molecule is O=C(COc1ccc2c(c1)CN(C1CCC(=O)NC1=O)C2=O)NCCOCCOCCOCCOCCOc1ccc(CCc2c(-c3ccc(C(F)(F)F)cc3)nn(-c3nc4cc(Cl)ccc4[nH]3)c2O)cc1. The first-order chi connectivity index (χ1) is 34.8. The number of ether oxygens (including phenoxy) is 6. The molecule has 4 N–H and O–H groups in total. The summed E-state index contributed by atoms with van der Waals surface area (Å²) in [5, 5.41) is 21.5. The van der Waals surface area contributed by atoms with Crippen molar-refractivity contribution >= 4 is 46.3 Å². The number of nitrogens with one attached hydrogen (secondary N) is 3. The van der Waals surface area contributed by atoms with E-state index in [1.807, 2.05) is 24.3 Å². The first kappa shape index (κ1) is 51.3. The van der Waals surface area contributed by atoms with Gasteiger partial charge in [0.15, 0.2) is 6.61 Å². The maximum Gasteiger partial charge on any atom is 0.416 e. The number of aromatic amines is 1. The van der Waals surface area contributed by atoms with Gasteiger partial charge in [0.25, 0.3) is 11.8 Å². The molecular formula is C50H51ClF3N7O11. The molecule has 4 amide bonds. The fourth-order valence-corrected chi connectivity index (χ4v) is 8.21. The predicted octanol–water partition coefficient (Wildman–Crippen LogP) is 5.98. The van der Waals surface area contributed by atoms with Crippen molar-refractivity contribution in [1.82, 2.24) is 35.3 Å². The Labute approximate surface area is 415 Å². The summed E-state index contributed by atoms with van der Waals surface area (Å²) in [4.78, 5) is 58.0. The normalized spacial score (nSPS) is 14.8. The Balaban J connectivity index is 0.651. The summed E-state index contributed by atoms with van der Waals surface area (Å²) >= 11 is 6.14. The molecule has 6 aromatic rings. The van der Waals surface area contributed by atoms with Crippen molar-refractivity contribution in [2.75, 3.05) is 72.6 Å². The van der Waals surface area contributed by atoms with Crippen LogP contribution < -0.4 is 20.1 Å². The number of halogens is 4. The number of aromatic hydroxyl groups is 1. The summed E-state index contributed by atoms with van der Waals surface area (Å²) in [6.07, 6.45) is -3.26. The van der Waals surface area contributed by atoms with Crippen molar-refractivity contribution in [3.8, 4) is 34.6 Å². The molecule has 0 spiro atoms. The second-order valence-electron chi connectivity index (χ2n) is 16.7. The summed E-state index contributed by atoms with van der Waals surface area (Å²) in [7, 11) is 0. The first-order valence-electron chi connectivity index (χ1n) is 23.1. The van der Waals surface area contributed by atoms with Crippen LogP contribution in [0.25, 0.3) is 28.2 Å². The highest BCUT2D eigenvalue weighted by atomic mass is 35.5. The molecule has 380 valence electrons. The highest BCUT2D eigenvalue weighted by Gasteiger charge is 2.39. The van der Waals surface area contributed by atoms with Gasteiger partial charge in [-0.15, -0.1) is 0 Å². The number of carbonyl (C=O) groups is 4. The Morgan fingerprint density at radius 1 is 0.806 bits per heavy atom. The van der Waals surface area contributed by atoms with Gasteiger partial charge in [-0.3, -0.25) is 24.5 Å². The summed E-state index contributed by atoms with van der Waals surface area (Å²) < 4.78 is 74.9. The van der Waals surface area contributed by atoms with Crippen LogP contribution in [-0.2, 0) is 58.9 Å².